The molecule has 0 aliphatic carbocycles. The van der Waals surface area contributed by atoms with Gasteiger partial charge in [0, 0.05) is 10.9 Å². The molecule has 0 aliphatic rings. The van der Waals surface area contributed by atoms with Crippen LogP contribution in [0.2, 0.25) is 0 Å². The van der Waals surface area contributed by atoms with E-state index < -0.39 is 5.97 Å². The zero-order valence-electron chi connectivity index (χ0n) is 10.9. The van der Waals surface area contributed by atoms with Crippen molar-refractivity contribution in [1.29, 1.82) is 0 Å². The third-order valence-corrected chi connectivity index (χ3v) is 3.31. The minimum Gasteiger partial charge on any atom is -0.481 e. The molecule has 0 unspecified atom stereocenters. The van der Waals surface area contributed by atoms with Crippen molar-refractivity contribution in [3.8, 4) is 0 Å². The highest BCUT2D eigenvalue weighted by molar-refractivity contribution is 5.85. The van der Waals surface area contributed by atoms with Crippen molar-refractivity contribution >= 4 is 16.9 Å². The summed E-state index contributed by atoms with van der Waals surface area (Å²) in [7, 11) is 0. The fourth-order valence-electron chi connectivity index (χ4n) is 2.37. The molecule has 1 N–H and O–H groups in total. The van der Waals surface area contributed by atoms with Crippen LogP contribution in [-0.2, 0) is 17.6 Å². The first-order chi connectivity index (χ1) is 9.72. The van der Waals surface area contributed by atoms with Crippen LogP contribution in [0.1, 0.15) is 16.7 Å². The molecule has 0 aliphatic heterocycles. The number of furan rings is 1. The van der Waals surface area contributed by atoms with Crippen LogP contribution in [0, 0.1) is 0 Å². The summed E-state index contributed by atoms with van der Waals surface area (Å²) in [4.78, 5) is 10.8. The van der Waals surface area contributed by atoms with Crippen molar-refractivity contribution < 1.29 is 14.3 Å². The summed E-state index contributed by atoms with van der Waals surface area (Å²) in [5.41, 5.74) is 3.84. The molecule has 3 aromatic rings. The fraction of sp³-hybridized carbons (Fsp3) is 0.118. The molecule has 100 valence electrons. The van der Waals surface area contributed by atoms with Crippen molar-refractivity contribution in [2.45, 2.75) is 12.8 Å². The Kier molecular flexibility index (Phi) is 3.25. The molecule has 0 fully saturated rings. The first-order valence-electron chi connectivity index (χ1n) is 6.47. The maximum atomic E-state index is 10.8. The number of hydrogen-bond donors (Lipinski definition) is 1. The van der Waals surface area contributed by atoms with Crippen molar-refractivity contribution in [3.05, 3.63) is 71.5 Å². The lowest BCUT2D eigenvalue weighted by atomic mass is 10.0. The fourth-order valence-corrected chi connectivity index (χ4v) is 2.37. The molecule has 0 saturated heterocycles. The molecule has 1 aromatic heterocycles. The highest BCUT2D eigenvalue weighted by atomic mass is 16.4. The monoisotopic (exact) mass is 266 g/mol. The van der Waals surface area contributed by atoms with Gasteiger partial charge in [-0.15, -0.1) is 0 Å². The summed E-state index contributed by atoms with van der Waals surface area (Å²) >= 11 is 0. The number of fused-ring (bicyclic) bond motifs is 1. The van der Waals surface area contributed by atoms with E-state index in [2.05, 4.69) is 12.1 Å². The van der Waals surface area contributed by atoms with Crippen LogP contribution in [0.15, 0.2) is 59.2 Å². The second-order valence-corrected chi connectivity index (χ2v) is 4.82. The van der Waals surface area contributed by atoms with Crippen LogP contribution >= 0.6 is 0 Å². The molecule has 0 spiro atoms. The minimum absolute atomic E-state index is 0.0121. The van der Waals surface area contributed by atoms with Gasteiger partial charge in [-0.05, 0) is 29.7 Å². The van der Waals surface area contributed by atoms with Gasteiger partial charge in [-0.25, -0.2) is 0 Å². The smallest absolute Gasteiger partial charge is 0.307 e. The molecule has 3 nitrogen and oxygen atoms in total. The molecule has 0 amide bonds. The number of carboxylic acids is 1. The van der Waals surface area contributed by atoms with Gasteiger partial charge in [0.1, 0.15) is 5.58 Å². The SMILES string of the molecule is O=C(O)Cc1coc2ccc(Cc3ccccc3)cc12. The van der Waals surface area contributed by atoms with E-state index in [9.17, 15) is 4.79 Å². The van der Waals surface area contributed by atoms with Gasteiger partial charge in [0.2, 0.25) is 0 Å². The predicted molar refractivity (Wildman–Crippen MR) is 76.8 cm³/mol. The Balaban J connectivity index is 1.95. The molecule has 3 heteroatoms. The summed E-state index contributed by atoms with van der Waals surface area (Å²) in [6, 6.07) is 16.1. The molecule has 3 rings (SSSR count). The largest absolute Gasteiger partial charge is 0.481 e. The van der Waals surface area contributed by atoms with Gasteiger partial charge >= 0.3 is 5.97 Å². The molecule has 0 atom stereocenters. The van der Waals surface area contributed by atoms with Gasteiger partial charge in [0.05, 0.1) is 12.7 Å². The van der Waals surface area contributed by atoms with Gasteiger partial charge in [0.25, 0.3) is 0 Å². The molecule has 0 bridgehead atoms. The second-order valence-electron chi connectivity index (χ2n) is 4.82. The van der Waals surface area contributed by atoms with Crippen LogP contribution in [-0.4, -0.2) is 11.1 Å². The van der Waals surface area contributed by atoms with Gasteiger partial charge in [0.15, 0.2) is 0 Å². The number of benzene rings is 2. The first-order valence-corrected chi connectivity index (χ1v) is 6.47. The normalized spacial score (nSPS) is 10.8. The van der Waals surface area contributed by atoms with Gasteiger partial charge < -0.3 is 9.52 Å². The van der Waals surface area contributed by atoms with Crippen molar-refractivity contribution in [2.75, 3.05) is 0 Å². The standard InChI is InChI=1S/C17H14O3/c18-17(19)10-14-11-20-16-7-6-13(9-15(14)16)8-12-4-2-1-3-5-12/h1-7,9,11H,8,10H2,(H,18,19). The molecule has 0 radical (unpaired) electrons. The van der Waals surface area contributed by atoms with Crippen LogP contribution in [0.25, 0.3) is 11.0 Å². The Labute approximate surface area is 116 Å². The maximum absolute atomic E-state index is 10.8. The van der Waals surface area contributed by atoms with Crippen LogP contribution in [0.3, 0.4) is 0 Å². The summed E-state index contributed by atoms with van der Waals surface area (Å²) in [5.74, 6) is -0.846. The van der Waals surface area contributed by atoms with Gasteiger partial charge in [-0.3, -0.25) is 4.79 Å². The quantitative estimate of drug-likeness (QED) is 0.784. The van der Waals surface area contributed by atoms with Crippen molar-refractivity contribution in [1.82, 2.24) is 0 Å². The summed E-state index contributed by atoms with van der Waals surface area (Å²) in [5, 5.41) is 9.80. The number of aliphatic carboxylic acids is 1. The number of rotatable bonds is 4. The van der Waals surface area contributed by atoms with Gasteiger partial charge in [-0.2, -0.15) is 0 Å². The van der Waals surface area contributed by atoms with E-state index in [0.717, 1.165) is 28.5 Å². The number of carbonyl (C=O) groups is 1. The van der Waals surface area contributed by atoms with Crippen LogP contribution < -0.4 is 0 Å². The van der Waals surface area contributed by atoms with E-state index in [-0.39, 0.29) is 6.42 Å². The van der Waals surface area contributed by atoms with E-state index in [4.69, 9.17) is 9.52 Å². The maximum Gasteiger partial charge on any atom is 0.307 e. The summed E-state index contributed by atoms with van der Waals surface area (Å²) in [6.45, 7) is 0. The molecule has 20 heavy (non-hydrogen) atoms. The average Bonchev–Trinajstić information content (AvgIpc) is 2.82. The molecule has 1 heterocycles. The Bertz CT molecular complexity index is 741. The molecular formula is C17H14O3. The van der Waals surface area contributed by atoms with Crippen LogP contribution in [0.4, 0.5) is 0 Å². The van der Waals surface area contributed by atoms with E-state index in [1.807, 2.05) is 36.4 Å². The van der Waals surface area contributed by atoms with Gasteiger partial charge in [-0.1, -0.05) is 36.4 Å². The van der Waals surface area contributed by atoms with E-state index in [1.165, 1.54) is 11.8 Å². The first kappa shape index (κ1) is 12.5. The van der Waals surface area contributed by atoms with Crippen LogP contribution in [0.5, 0.6) is 0 Å². The zero-order valence-corrected chi connectivity index (χ0v) is 10.9. The number of carboxylic acid groups (broad SMARTS) is 1. The van der Waals surface area contributed by atoms with E-state index in [1.54, 1.807) is 0 Å². The Morgan fingerprint density at radius 3 is 2.60 bits per heavy atom. The lowest BCUT2D eigenvalue weighted by Gasteiger charge is -2.02. The lowest BCUT2D eigenvalue weighted by Crippen LogP contribution is -1.99. The highest BCUT2D eigenvalue weighted by Crippen LogP contribution is 2.24. The van der Waals surface area contributed by atoms with E-state index in [0.29, 0.717) is 0 Å². The molecule has 2 aromatic carbocycles. The Morgan fingerprint density at radius 2 is 1.85 bits per heavy atom. The summed E-state index contributed by atoms with van der Waals surface area (Å²) in [6.07, 6.45) is 2.35. The Morgan fingerprint density at radius 1 is 1.05 bits per heavy atom. The van der Waals surface area contributed by atoms with E-state index >= 15 is 0 Å². The highest BCUT2D eigenvalue weighted by Gasteiger charge is 2.10. The average molecular weight is 266 g/mol. The zero-order chi connectivity index (χ0) is 13.9. The predicted octanol–water partition coefficient (Wildman–Crippen LogP) is 3.65. The topological polar surface area (TPSA) is 50.4 Å². The number of hydrogen-bond acceptors (Lipinski definition) is 2. The Hall–Kier alpha value is -2.55. The molecule has 0 saturated carbocycles. The lowest BCUT2D eigenvalue weighted by molar-refractivity contribution is -0.136. The second kappa shape index (κ2) is 5.21. The third-order valence-electron chi connectivity index (χ3n) is 3.31. The molecular weight excluding hydrogens is 252 g/mol. The van der Waals surface area contributed by atoms with Crippen molar-refractivity contribution in [3.63, 3.8) is 0 Å². The van der Waals surface area contributed by atoms with Crippen molar-refractivity contribution in [2.24, 2.45) is 0 Å². The summed E-state index contributed by atoms with van der Waals surface area (Å²) < 4.78 is 5.39. The third kappa shape index (κ3) is 2.57. The minimum atomic E-state index is -0.846.